The van der Waals surface area contributed by atoms with Crippen LogP contribution in [0.15, 0.2) is 48.5 Å². The number of halogens is 1. The van der Waals surface area contributed by atoms with E-state index >= 15 is 0 Å². The molecule has 1 amide bonds. The molecule has 5 rings (SSSR count). The Kier molecular flexibility index (Phi) is 5.22. The highest BCUT2D eigenvalue weighted by molar-refractivity contribution is 6.09. The van der Waals surface area contributed by atoms with Crippen LogP contribution in [0.3, 0.4) is 0 Å². The van der Waals surface area contributed by atoms with E-state index in [-0.39, 0.29) is 5.91 Å². The maximum atomic E-state index is 13.5. The molecule has 0 atom stereocenters. The SMILES string of the molecule is CCNc1cc2c(cc1C)C1(c3cc(C)c(NCC)cc3O2)c2ccccc2C(=O)N1OCl. The normalized spacial score (nSPS) is 15.1. The first-order valence-electron chi connectivity index (χ1n) is 11.2. The van der Waals surface area contributed by atoms with Crippen LogP contribution in [0.25, 0.3) is 0 Å². The van der Waals surface area contributed by atoms with Gasteiger partial charge in [-0.3, -0.25) is 4.79 Å². The van der Waals surface area contributed by atoms with Gasteiger partial charge < -0.3 is 15.4 Å². The standard InChI is InChI=1S/C26H26ClN3O3/c1-5-28-21-13-23-19(11-15(21)3)26(18-10-8-7-9-17(18)25(31)30(26)33-27)20-12-16(4)22(29-6-2)14-24(20)32-23/h7-14,28-29H,5-6H2,1-4H3. The Morgan fingerprint density at radius 1 is 0.909 bits per heavy atom. The smallest absolute Gasteiger partial charge is 0.280 e. The van der Waals surface area contributed by atoms with Crippen LogP contribution in [0.5, 0.6) is 11.5 Å². The lowest BCUT2D eigenvalue weighted by Crippen LogP contribution is -2.46. The molecule has 7 heteroatoms. The number of nitrogens with one attached hydrogen (secondary N) is 2. The van der Waals surface area contributed by atoms with Gasteiger partial charge in [0.25, 0.3) is 5.91 Å². The number of anilines is 2. The highest BCUT2D eigenvalue weighted by Gasteiger charge is 2.58. The number of aryl methyl sites for hydroxylation is 2. The zero-order valence-electron chi connectivity index (χ0n) is 19.1. The molecular formula is C26H26ClN3O3. The minimum atomic E-state index is -1.08. The summed E-state index contributed by atoms with van der Waals surface area (Å²) < 4.78 is 11.8. The summed E-state index contributed by atoms with van der Waals surface area (Å²) in [5.41, 5.74) is 5.93. The van der Waals surface area contributed by atoms with E-state index in [4.69, 9.17) is 21.0 Å². The molecule has 2 aliphatic rings. The van der Waals surface area contributed by atoms with Crippen LogP contribution in [0.2, 0.25) is 0 Å². The van der Waals surface area contributed by atoms with Crippen molar-refractivity contribution >= 4 is 29.1 Å². The number of hydroxylamine groups is 2. The first kappa shape index (κ1) is 21.6. The molecule has 2 heterocycles. The number of carbonyl (C=O) groups is 1. The lowest BCUT2D eigenvalue weighted by Gasteiger charge is -2.42. The number of hydrogen-bond acceptors (Lipinski definition) is 5. The number of fused-ring (bicyclic) bond motifs is 6. The van der Waals surface area contributed by atoms with Crippen LogP contribution in [-0.4, -0.2) is 24.1 Å². The fourth-order valence-corrected chi connectivity index (χ4v) is 5.25. The molecule has 170 valence electrons. The molecule has 33 heavy (non-hydrogen) atoms. The Balaban J connectivity index is 1.90. The van der Waals surface area contributed by atoms with Gasteiger partial charge in [-0.25, -0.2) is 0 Å². The van der Waals surface area contributed by atoms with Gasteiger partial charge in [0.1, 0.15) is 11.5 Å². The molecule has 0 saturated heterocycles. The highest BCUT2D eigenvalue weighted by Crippen LogP contribution is 2.59. The molecule has 0 saturated carbocycles. The predicted molar refractivity (Wildman–Crippen MR) is 130 cm³/mol. The lowest BCUT2D eigenvalue weighted by atomic mass is 9.74. The molecule has 2 N–H and O–H groups in total. The van der Waals surface area contributed by atoms with Crippen molar-refractivity contribution in [2.24, 2.45) is 0 Å². The van der Waals surface area contributed by atoms with Crippen molar-refractivity contribution in [3.63, 3.8) is 0 Å². The van der Waals surface area contributed by atoms with E-state index < -0.39 is 5.54 Å². The molecule has 0 aliphatic carbocycles. The molecule has 3 aromatic rings. The number of hydrogen-bond donors (Lipinski definition) is 2. The van der Waals surface area contributed by atoms with E-state index in [1.165, 1.54) is 5.06 Å². The summed E-state index contributed by atoms with van der Waals surface area (Å²) in [6.45, 7) is 9.74. The van der Waals surface area contributed by atoms with Gasteiger partial charge in [-0.05, 0) is 57.0 Å². The fourth-order valence-electron chi connectivity index (χ4n) is 5.08. The summed E-state index contributed by atoms with van der Waals surface area (Å²) >= 11 is 6.03. The average Bonchev–Trinajstić information content (AvgIpc) is 3.06. The molecule has 1 spiro atoms. The maximum Gasteiger partial charge on any atom is 0.280 e. The molecule has 0 radical (unpaired) electrons. The second-order valence-electron chi connectivity index (χ2n) is 8.41. The Labute approximate surface area is 198 Å². The first-order valence-corrected chi connectivity index (χ1v) is 11.5. The van der Waals surface area contributed by atoms with Crippen molar-refractivity contribution in [2.45, 2.75) is 33.2 Å². The van der Waals surface area contributed by atoms with E-state index in [1.54, 1.807) is 0 Å². The van der Waals surface area contributed by atoms with E-state index in [0.29, 0.717) is 17.1 Å². The van der Waals surface area contributed by atoms with E-state index in [9.17, 15) is 4.79 Å². The number of benzene rings is 3. The number of carbonyl (C=O) groups excluding carboxylic acids is 1. The van der Waals surface area contributed by atoms with Gasteiger partial charge >= 0.3 is 0 Å². The number of ether oxygens (including phenoxy) is 1. The van der Waals surface area contributed by atoms with Crippen LogP contribution in [0, 0.1) is 13.8 Å². The second kappa shape index (κ2) is 7.97. The van der Waals surface area contributed by atoms with Crippen molar-refractivity contribution in [1.29, 1.82) is 0 Å². The van der Waals surface area contributed by atoms with Gasteiger partial charge in [-0.2, -0.15) is 9.45 Å². The predicted octanol–water partition coefficient (Wildman–Crippen LogP) is 6.11. The van der Waals surface area contributed by atoms with E-state index in [1.807, 2.05) is 50.2 Å². The van der Waals surface area contributed by atoms with Crippen LogP contribution in [0.1, 0.15) is 52.0 Å². The summed E-state index contributed by atoms with van der Waals surface area (Å²) in [4.78, 5) is 13.5. The molecule has 0 fully saturated rings. The van der Waals surface area contributed by atoms with Gasteiger partial charge in [-0.1, -0.05) is 18.2 Å². The highest BCUT2D eigenvalue weighted by atomic mass is 35.5. The summed E-state index contributed by atoms with van der Waals surface area (Å²) in [5, 5.41) is 8.06. The molecule has 2 aliphatic heterocycles. The fraction of sp³-hybridized carbons (Fsp3) is 0.269. The maximum absolute atomic E-state index is 13.5. The van der Waals surface area contributed by atoms with Crippen LogP contribution in [-0.2, 0) is 9.93 Å². The van der Waals surface area contributed by atoms with E-state index in [0.717, 1.165) is 52.3 Å². The molecule has 0 aromatic heterocycles. The van der Waals surface area contributed by atoms with Crippen molar-refractivity contribution < 1.29 is 13.9 Å². The minimum Gasteiger partial charge on any atom is -0.456 e. The minimum absolute atomic E-state index is 0.291. The van der Waals surface area contributed by atoms with Gasteiger partial charge in [0.2, 0.25) is 0 Å². The van der Waals surface area contributed by atoms with Gasteiger partial charge in [0, 0.05) is 58.9 Å². The molecule has 6 nitrogen and oxygen atoms in total. The third kappa shape index (κ3) is 2.94. The first-order chi connectivity index (χ1) is 16.0. The summed E-state index contributed by atoms with van der Waals surface area (Å²) in [7, 11) is 0. The summed E-state index contributed by atoms with van der Waals surface area (Å²) in [6.07, 6.45) is 0. The molecule has 0 unspecified atom stereocenters. The van der Waals surface area contributed by atoms with Crippen LogP contribution in [0.4, 0.5) is 11.4 Å². The van der Waals surface area contributed by atoms with Gasteiger partial charge in [0.15, 0.2) is 5.54 Å². The Morgan fingerprint density at radius 2 is 1.45 bits per heavy atom. The molecular weight excluding hydrogens is 438 g/mol. The number of nitrogens with zero attached hydrogens (tertiary/aromatic N) is 1. The van der Waals surface area contributed by atoms with Crippen molar-refractivity contribution in [1.82, 2.24) is 5.06 Å². The number of rotatable bonds is 5. The average molecular weight is 464 g/mol. The van der Waals surface area contributed by atoms with Crippen molar-refractivity contribution in [3.8, 4) is 11.5 Å². The zero-order valence-corrected chi connectivity index (χ0v) is 19.8. The topological polar surface area (TPSA) is 62.8 Å². The van der Waals surface area contributed by atoms with Crippen molar-refractivity contribution in [2.75, 3.05) is 23.7 Å². The monoisotopic (exact) mass is 463 g/mol. The molecule has 0 bridgehead atoms. The van der Waals surface area contributed by atoms with Gasteiger partial charge in [0.05, 0.1) is 11.9 Å². The lowest BCUT2D eigenvalue weighted by molar-refractivity contribution is -0.0695. The third-order valence-electron chi connectivity index (χ3n) is 6.49. The zero-order chi connectivity index (χ0) is 23.3. The van der Waals surface area contributed by atoms with Crippen LogP contribution < -0.4 is 15.4 Å². The largest absolute Gasteiger partial charge is 0.456 e. The Morgan fingerprint density at radius 3 is 1.97 bits per heavy atom. The summed E-state index contributed by atoms with van der Waals surface area (Å²) in [5.74, 6) is 1.01. The number of amides is 1. The Hall–Kier alpha value is -3.22. The molecule has 3 aromatic carbocycles. The second-order valence-corrected chi connectivity index (χ2v) is 8.55. The van der Waals surface area contributed by atoms with E-state index in [2.05, 4.69) is 36.6 Å². The van der Waals surface area contributed by atoms with Gasteiger partial charge in [-0.15, -0.1) is 0 Å². The summed E-state index contributed by atoms with van der Waals surface area (Å²) in [6, 6.07) is 15.6. The van der Waals surface area contributed by atoms with Crippen molar-refractivity contribution in [3.05, 3.63) is 81.9 Å². The quantitative estimate of drug-likeness (QED) is 0.478. The Bertz CT molecular complexity index is 1210. The third-order valence-corrected chi connectivity index (χ3v) is 6.63. The van der Waals surface area contributed by atoms with Crippen LogP contribution >= 0.6 is 11.9 Å².